The lowest BCUT2D eigenvalue weighted by Gasteiger charge is -2.34. The zero-order valence-corrected chi connectivity index (χ0v) is 14.7. The first kappa shape index (κ1) is 17.1. The summed E-state index contributed by atoms with van der Waals surface area (Å²) in [5.74, 6) is 1.01. The summed E-state index contributed by atoms with van der Waals surface area (Å²) in [4.78, 5) is 7.41. The summed E-state index contributed by atoms with van der Waals surface area (Å²) in [7, 11) is -3.47. The van der Waals surface area contributed by atoms with E-state index in [9.17, 15) is 8.42 Å². The molecule has 1 saturated heterocycles. The molecule has 0 saturated carbocycles. The number of nitrogens with zero attached hydrogens (tertiary/aromatic N) is 3. The molecule has 1 fully saturated rings. The molecule has 130 valence electrons. The first-order valence-corrected chi connectivity index (χ1v) is 9.79. The third-order valence-corrected chi connectivity index (χ3v) is 6.52. The normalized spacial score (nSPS) is 19.7. The number of aromatic amines is 1. The molecular weight excluding hydrogens is 324 g/mol. The Morgan fingerprint density at radius 2 is 2.12 bits per heavy atom. The van der Waals surface area contributed by atoms with Gasteiger partial charge in [-0.3, -0.25) is 0 Å². The number of H-pyrrole nitrogens is 1. The third kappa shape index (κ3) is 3.68. The summed E-state index contributed by atoms with van der Waals surface area (Å²) in [5, 5.41) is 0. The first-order chi connectivity index (χ1) is 11.6. The topological polar surface area (TPSA) is 69.3 Å². The highest BCUT2D eigenvalue weighted by atomic mass is 32.2. The van der Waals surface area contributed by atoms with E-state index in [1.165, 1.54) is 0 Å². The molecule has 0 spiro atoms. The Hall–Kier alpha value is -1.70. The van der Waals surface area contributed by atoms with Gasteiger partial charge >= 0.3 is 0 Å². The fraction of sp³-hybridized carbons (Fsp3) is 0.471. The van der Waals surface area contributed by atoms with Crippen molar-refractivity contribution in [3.05, 3.63) is 54.1 Å². The summed E-state index contributed by atoms with van der Waals surface area (Å²) in [6.07, 6.45) is 5.32. The first-order valence-electron chi connectivity index (χ1n) is 8.39. The smallest absolute Gasteiger partial charge is 0.282 e. The average molecular weight is 348 g/mol. The van der Waals surface area contributed by atoms with Crippen LogP contribution >= 0.6 is 0 Å². The number of nitrogens with one attached hydrogen (secondary N) is 1. The Balaban J connectivity index is 1.75. The second-order valence-corrected chi connectivity index (χ2v) is 8.02. The predicted octanol–water partition coefficient (Wildman–Crippen LogP) is 2.36. The van der Waals surface area contributed by atoms with Gasteiger partial charge in [-0.15, -0.1) is 0 Å². The maximum atomic E-state index is 13.1. The summed E-state index contributed by atoms with van der Waals surface area (Å²) in [5.41, 5.74) is 1.00. The van der Waals surface area contributed by atoms with Crippen LogP contribution in [0.3, 0.4) is 0 Å². The lowest BCUT2D eigenvalue weighted by atomic mass is 9.99. The highest BCUT2D eigenvalue weighted by Crippen LogP contribution is 2.27. The van der Waals surface area contributed by atoms with Crippen LogP contribution in [0.4, 0.5) is 0 Å². The van der Waals surface area contributed by atoms with Crippen LogP contribution in [-0.2, 0) is 16.8 Å². The van der Waals surface area contributed by atoms with E-state index in [1.807, 2.05) is 37.3 Å². The van der Waals surface area contributed by atoms with Gasteiger partial charge in [0.25, 0.3) is 10.2 Å². The van der Waals surface area contributed by atoms with E-state index in [0.717, 1.165) is 24.2 Å². The SMILES string of the molecule is CCN(Cc1ccccc1)S(=O)(=O)N1CCC[C@@H](c2ncc[nH]2)C1. The maximum Gasteiger partial charge on any atom is 0.282 e. The fourth-order valence-electron chi connectivity index (χ4n) is 3.18. The summed E-state index contributed by atoms with van der Waals surface area (Å²) in [6.45, 7) is 3.81. The number of hydrogen-bond acceptors (Lipinski definition) is 3. The van der Waals surface area contributed by atoms with Crippen LogP contribution < -0.4 is 0 Å². The van der Waals surface area contributed by atoms with E-state index in [-0.39, 0.29) is 5.92 Å². The summed E-state index contributed by atoms with van der Waals surface area (Å²) >= 11 is 0. The minimum Gasteiger partial charge on any atom is -0.348 e. The van der Waals surface area contributed by atoms with Gasteiger partial charge in [-0.05, 0) is 18.4 Å². The average Bonchev–Trinajstić information content (AvgIpc) is 3.15. The largest absolute Gasteiger partial charge is 0.348 e. The van der Waals surface area contributed by atoms with Gasteiger partial charge in [-0.1, -0.05) is 37.3 Å². The summed E-state index contributed by atoms with van der Waals surface area (Å²) in [6, 6.07) is 9.72. The molecule has 1 aromatic carbocycles. The second kappa shape index (κ2) is 7.46. The molecule has 1 atom stereocenters. The van der Waals surface area contributed by atoms with Crippen molar-refractivity contribution in [2.24, 2.45) is 0 Å². The highest BCUT2D eigenvalue weighted by molar-refractivity contribution is 7.86. The molecule has 2 aromatic rings. The standard InChI is InChI=1S/C17H24N4O2S/c1-2-20(13-15-7-4-3-5-8-15)24(22,23)21-12-6-9-16(14-21)17-18-10-11-19-17/h3-5,7-8,10-11,16H,2,6,9,12-14H2,1H3,(H,18,19)/t16-/m1/s1. The Morgan fingerprint density at radius 1 is 1.33 bits per heavy atom. The molecule has 2 heterocycles. The van der Waals surface area contributed by atoms with E-state index in [2.05, 4.69) is 9.97 Å². The van der Waals surface area contributed by atoms with E-state index in [0.29, 0.717) is 26.2 Å². The minimum atomic E-state index is -3.47. The van der Waals surface area contributed by atoms with Gasteiger partial charge in [0.2, 0.25) is 0 Å². The van der Waals surface area contributed by atoms with Crippen LogP contribution in [0.1, 0.15) is 37.1 Å². The van der Waals surface area contributed by atoms with E-state index >= 15 is 0 Å². The van der Waals surface area contributed by atoms with Crippen molar-refractivity contribution in [2.75, 3.05) is 19.6 Å². The molecule has 1 aromatic heterocycles. The van der Waals surface area contributed by atoms with Crippen LogP contribution in [0, 0.1) is 0 Å². The van der Waals surface area contributed by atoms with Gasteiger partial charge in [0.15, 0.2) is 0 Å². The van der Waals surface area contributed by atoms with Crippen molar-refractivity contribution >= 4 is 10.2 Å². The fourth-order valence-corrected chi connectivity index (χ4v) is 4.88. The summed E-state index contributed by atoms with van der Waals surface area (Å²) < 4.78 is 29.3. The number of imidazole rings is 1. The van der Waals surface area contributed by atoms with Crippen molar-refractivity contribution in [1.82, 2.24) is 18.6 Å². The molecule has 0 amide bonds. The van der Waals surface area contributed by atoms with E-state index in [1.54, 1.807) is 21.0 Å². The molecule has 1 aliphatic rings. The molecule has 0 bridgehead atoms. The van der Waals surface area contributed by atoms with Gasteiger partial charge in [0.1, 0.15) is 5.82 Å². The zero-order valence-electron chi connectivity index (χ0n) is 13.9. The molecule has 0 radical (unpaired) electrons. The van der Waals surface area contributed by atoms with Gasteiger partial charge < -0.3 is 4.98 Å². The van der Waals surface area contributed by atoms with Crippen molar-refractivity contribution < 1.29 is 8.42 Å². The number of aromatic nitrogens is 2. The van der Waals surface area contributed by atoms with Crippen molar-refractivity contribution in [3.8, 4) is 0 Å². The Morgan fingerprint density at radius 3 is 2.79 bits per heavy atom. The molecule has 0 unspecified atom stereocenters. The van der Waals surface area contributed by atoms with Crippen LogP contribution in [0.2, 0.25) is 0 Å². The Bertz CT molecular complexity index is 731. The molecule has 7 heteroatoms. The number of piperidine rings is 1. The minimum absolute atomic E-state index is 0.138. The van der Waals surface area contributed by atoms with Crippen molar-refractivity contribution in [1.29, 1.82) is 0 Å². The van der Waals surface area contributed by atoms with Gasteiger partial charge in [0, 0.05) is 44.5 Å². The lowest BCUT2D eigenvalue weighted by Crippen LogP contribution is -2.47. The molecular formula is C17H24N4O2S. The van der Waals surface area contributed by atoms with Crippen LogP contribution in [0.5, 0.6) is 0 Å². The Kier molecular flexibility index (Phi) is 5.33. The molecule has 1 N–H and O–H groups in total. The van der Waals surface area contributed by atoms with Gasteiger partial charge in [0.05, 0.1) is 0 Å². The third-order valence-electron chi connectivity index (χ3n) is 4.50. The van der Waals surface area contributed by atoms with Crippen LogP contribution in [0.15, 0.2) is 42.7 Å². The molecule has 0 aliphatic carbocycles. The molecule has 1 aliphatic heterocycles. The number of benzene rings is 1. The predicted molar refractivity (Wildman–Crippen MR) is 93.6 cm³/mol. The lowest BCUT2D eigenvalue weighted by molar-refractivity contribution is 0.279. The van der Waals surface area contributed by atoms with Crippen LogP contribution in [0.25, 0.3) is 0 Å². The van der Waals surface area contributed by atoms with Crippen molar-refractivity contribution in [3.63, 3.8) is 0 Å². The molecule has 3 rings (SSSR count). The maximum absolute atomic E-state index is 13.1. The van der Waals surface area contributed by atoms with Gasteiger partial charge in [-0.2, -0.15) is 17.0 Å². The monoisotopic (exact) mass is 348 g/mol. The number of rotatable bonds is 6. The molecule has 24 heavy (non-hydrogen) atoms. The number of hydrogen-bond donors (Lipinski definition) is 1. The van der Waals surface area contributed by atoms with Gasteiger partial charge in [-0.25, -0.2) is 4.98 Å². The second-order valence-electron chi connectivity index (χ2n) is 6.09. The zero-order chi connectivity index (χ0) is 17.0. The Labute approximate surface area is 143 Å². The highest BCUT2D eigenvalue weighted by Gasteiger charge is 2.34. The van der Waals surface area contributed by atoms with Crippen molar-refractivity contribution in [2.45, 2.75) is 32.2 Å². The molecule has 6 nitrogen and oxygen atoms in total. The van der Waals surface area contributed by atoms with E-state index < -0.39 is 10.2 Å². The quantitative estimate of drug-likeness (QED) is 0.871. The van der Waals surface area contributed by atoms with E-state index in [4.69, 9.17) is 0 Å². The van der Waals surface area contributed by atoms with Crippen LogP contribution in [-0.4, -0.2) is 46.6 Å².